The van der Waals surface area contributed by atoms with Crippen LogP contribution in [0.4, 0.5) is 5.69 Å². The van der Waals surface area contributed by atoms with Gasteiger partial charge in [0, 0.05) is 18.8 Å². The van der Waals surface area contributed by atoms with Gasteiger partial charge in [0.1, 0.15) is 5.75 Å². The zero-order chi connectivity index (χ0) is 22.9. The summed E-state index contributed by atoms with van der Waals surface area (Å²) >= 11 is 1.25. The number of benzene rings is 2. The van der Waals surface area contributed by atoms with E-state index in [9.17, 15) is 9.59 Å². The quantitative estimate of drug-likeness (QED) is 0.263. The van der Waals surface area contributed by atoms with Gasteiger partial charge in [0.05, 0.1) is 29.4 Å². The molecule has 1 N–H and O–H groups in total. The molecule has 3 aromatic rings. The van der Waals surface area contributed by atoms with Gasteiger partial charge in [-0.1, -0.05) is 23.9 Å². The Morgan fingerprint density at radius 1 is 1.16 bits per heavy atom. The van der Waals surface area contributed by atoms with Crippen molar-refractivity contribution in [2.24, 2.45) is 0 Å². The van der Waals surface area contributed by atoms with Crippen molar-refractivity contribution in [1.29, 1.82) is 0 Å². The Balaban J connectivity index is 1.70. The number of aromatic nitrogens is 2. The maximum Gasteiger partial charge on any atom is 0.262 e. The second-order valence-corrected chi connectivity index (χ2v) is 8.38. The van der Waals surface area contributed by atoms with Crippen molar-refractivity contribution < 1.29 is 14.3 Å². The molecule has 2 aromatic carbocycles. The van der Waals surface area contributed by atoms with Crippen molar-refractivity contribution in [3.8, 4) is 5.75 Å². The molecule has 1 heterocycles. The molecule has 170 valence electrons. The van der Waals surface area contributed by atoms with E-state index in [0.717, 1.165) is 5.75 Å². The Morgan fingerprint density at radius 2 is 1.91 bits per heavy atom. The first-order valence-electron chi connectivity index (χ1n) is 10.7. The molecule has 0 saturated carbocycles. The first-order chi connectivity index (χ1) is 15.5. The third-order valence-corrected chi connectivity index (χ3v) is 5.56. The molecule has 0 unspecified atom stereocenters. The minimum Gasteiger partial charge on any atom is -0.494 e. The van der Waals surface area contributed by atoms with Crippen molar-refractivity contribution in [3.05, 3.63) is 58.9 Å². The largest absolute Gasteiger partial charge is 0.494 e. The van der Waals surface area contributed by atoms with E-state index in [4.69, 9.17) is 9.47 Å². The molecular weight excluding hydrogens is 426 g/mol. The number of hydrogen-bond donors (Lipinski definition) is 1. The van der Waals surface area contributed by atoms with Gasteiger partial charge in [-0.2, -0.15) is 0 Å². The van der Waals surface area contributed by atoms with Crippen LogP contribution in [0.15, 0.2) is 58.5 Å². The van der Waals surface area contributed by atoms with Crippen LogP contribution in [0.2, 0.25) is 0 Å². The van der Waals surface area contributed by atoms with Gasteiger partial charge in [0.25, 0.3) is 5.56 Å². The summed E-state index contributed by atoms with van der Waals surface area (Å²) in [7, 11) is 0. The molecular formula is C24H29N3O4S. The predicted octanol–water partition coefficient (Wildman–Crippen LogP) is 4.34. The molecule has 0 radical (unpaired) electrons. The number of anilines is 1. The van der Waals surface area contributed by atoms with Crippen LogP contribution < -0.4 is 15.6 Å². The molecule has 0 bridgehead atoms. The lowest BCUT2D eigenvalue weighted by Gasteiger charge is -2.14. The number of thioether (sulfide) groups is 1. The Kier molecular flexibility index (Phi) is 8.70. The fourth-order valence-corrected chi connectivity index (χ4v) is 3.95. The average molecular weight is 456 g/mol. The molecule has 0 aliphatic rings. The number of para-hydroxylation sites is 1. The molecule has 7 nitrogen and oxygen atoms in total. The zero-order valence-electron chi connectivity index (χ0n) is 18.7. The number of carbonyl (C=O) groups is 1. The third-order valence-electron chi connectivity index (χ3n) is 4.59. The van der Waals surface area contributed by atoms with E-state index in [1.54, 1.807) is 22.8 Å². The molecule has 0 fully saturated rings. The second kappa shape index (κ2) is 11.7. The number of ether oxygens (including phenoxy) is 2. The number of rotatable bonds is 11. The maximum atomic E-state index is 13.1. The molecule has 3 rings (SSSR count). The number of hydrogen-bond acceptors (Lipinski definition) is 6. The highest BCUT2D eigenvalue weighted by Gasteiger charge is 2.13. The molecule has 1 aromatic heterocycles. The normalized spacial score (nSPS) is 11.1. The van der Waals surface area contributed by atoms with Crippen molar-refractivity contribution in [2.45, 2.75) is 45.0 Å². The first-order valence-corrected chi connectivity index (χ1v) is 11.7. The maximum absolute atomic E-state index is 13.1. The number of nitrogens with one attached hydrogen (secondary N) is 1. The van der Waals surface area contributed by atoms with Gasteiger partial charge in [-0.3, -0.25) is 14.2 Å². The SMILES string of the molecule is CCOc1ccc(NC(=O)CSc2nc3ccccc3c(=O)n2CCCOC(C)C)cc1. The molecule has 0 atom stereocenters. The van der Waals surface area contributed by atoms with Crippen molar-refractivity contribution in [1.82, 2.24) is 9.55 Å². The number of nitrogens with zero attached hydrogens (tertiary/aromatic N) is 2. The summed E-state index contributed by atoms with van der Waals surface area (Å²) in [4.78, 5) is 30.2. The standard InChI is InChI=1S/C24H29N3O4S/c1-4-30-19-12-10-18(11-13-19)25-22(28)16-32-24-26-21-9-6-5-8-20(21)23(29)27(24)14-7-15-31-17(2)3/h5-6,8-13,17H,4,7,14-16H2,1-3H3,(H,25,28). The van der Waals surface area contributed by atoms with Crippen LogP contribution in [0, 0.1) is 0 Å². The van der Waals surface area contributed by atoms with Crippen LogP contribution >= 0.6 is 11.8 Å². The van der Waals surface area contributed by atoms with E-state index in [-0.39, 0.29) is 23.3 Å². The predicted molar refractivity (Wildman–Crippen MR) is 129 cm³/mol. The summed E-state index contributed by atoms with van der Waals surface area (Å²) in [6.07, 6.45) is 0.825. The van der Waals surface area contributed by atoms with E-state index in [1.165, 1.54) is 11.8 Å². The fourth-order valence-electron chi connectivity index (χ4n) is 3.13. The van der Waals surface area contributed by atoms with Gasteiger partial charge in [-0.15, -0.1) is 0 Å². The van der Waals surface area contributed by atoms with Gasteiger partial charge >= 0.3 is 0 Å². The molecule has 0 saturated heterocycles. The fraction of sp³-hybridized carbons (Fsp3) is 0.375. The highest BCUT2D eigenvalue weighted by Crippen LogP contribution is 2.20. The van der Waals surface area contributed by atoms with Gasteiger partial charge in [-0.05, 0) is 63.6 Å². The topological polar surface area (TPSA) is 82.5 Å². The number of fused-ring (bicyclic) bond motifs is 1. The summed E-state index contributed by atoms with van der Waals surface area (Å²) in [6, 6.07) is 14.5. The summed E-state index contributed by atoms with van der Waals surface area (Å²) < 4.78 is 12.7. The molecule has 8 heteroatoms. The van der Waals surface area contributed by atoms with Crippen LogP contribution in [-0.4, -0.2) is 40.5 Å². The lowest BCUT2D eigenvalue weighted by atomic mass is 10.2. The Hall–Kier alpha value is -2.84. The summed E-state index contributed by atoms with van der Waals surface area (Å²) in [5, 5.41) is 3.96. The first kappa shape index (κ1) is 23.8. The van der Waals surface area contributed by atoms with Gasteiger partial charge in [0.15, 0.2) is 5.16 Å². The van der Waals surface area contributed by atoms with Crippen molar-refractivity contribution in [2.75, 3.05) is 24.3 Å². The summed E-state index contributed by atoms with van der Waals surface area (Å²) in [5.41, 5.74) is 1.21. The second-order valence-electron chi connectivity index (χ2n) is 7.44. The van der Waals surface area contributed by atoms with Crippen LogP contribution in [0.3, 0.4) is 0 Å². The van der Waals surface area contributed by atoms with Crippen molar-refractivity contribution >= 4 is 34.3 Å². The van der Waals surface area contributed by atoms with E-state index in [2.05, 4.69) is 10.3 Å². The van der Waals surface area contributed by atoms with Crippen LogP contribution in [-0.2, 0) is 16.1 Å². The molecule has 0 aliphatic heterocycles. The van der Waals surface area contributed by atoms with Crippen LogP contribution in [0.1, 0.15) is 27.2 Å². The van der Waals surface area contributed by atoms with Gasteiger partial charge in [-0.25, -0.2) is 4.98 Å². The van der Waals surface area contributed by atoms with E-state index >= 15 is 0 Å². The average Bonchev–Trinajstić information content (AvgIpc) is 2.78. The molecule has 0 aliphatic carbocycles. The summed E-state index contributed by atoms with van der Waals surface area (Å²) in [6.45, 7) is 7.50. The highest BCUT2D eigenvalue weighted by molar-refractivity contribution is 7.99. The van der Waals surface area contributed by atoms with Crippen molar-refractivity contribution in [3.63, 3.8) is 0 Å². The lowest BCUT2D eigenvalue weighted by Crippen LogP contribution is -2.25. The van der Waals surface area contributed by atoms with Crippen LogP contribution in [0.5, 0.6) is 5.75 Å². The monoisotopic (exact) mass is 455 g/mol. The minimum absolute atomic E-state index is 0.102. The Bertz CT molecular complexity index is 1100. The van der Waals surface area contributed by atoms with E-state index in [0.29, 0.717) is 47.9 Å². The zero-order valence-corrected chi connectivity index (χ0v) is 19.5. The molecule has 0 spiro atoms. The minimum atomic E-state index is -0.170. The molecule has 1 amide bonds. The number of amides is 1. The smallest absolute Gasteiger partial charge is 0.262 e. The summed E-state index contributed by atoms with van der Waals surface area (Å²) in [5.74, 6) is 0.725. The Labute approximate surface area is 192 Å². The van der Waals surface area contributed by atoms with E-state index in [1.807, 2.05) is 51.1 Å². The molecule has 32 heavy (non-hydrogen) atoms. The Morgan fingerprint density at radius 3 is 2.62 bits per heavy atom. The van der Waals surface area contributed by atoms with Gasteiger partial charge < -0.3 is 14.8 Å². The van der Waals surface area contributed by atoms with Gasteiger partial charge in [0.2, 0.25) is 5.91 Å². The third kappa shape index (κ3) is 6.58. The number of carbonyl (C=O) groups excluding carboxylic acids is 1. The lowest BCUT2D eigenvalue weighted by molar-refractivity contribution is -0.113. The van der Waals surface area contributed by atoms with E-state index < -0.39 is 0 Å². The highest BCUT2D eigenvalue weighted by atomic mass is 32.2. The van der Waals surface area contributed by atoms with Crippen LogP contribution in [0.25, 0.3) is 10.9 Å².